The maximum absolute atomic E-state index is 12.3. The Morgan fingerprint density at radius 2 is 1.95 bits per heavy atom. The van der Waals surface area contributed by atoms with Crippen molar-refractivity contribution in [1.29, 1.82) is 0 Å². The van der Waals surface area contributed by atoms with Gasteiger partial charge in [0.15, 0.2) is 0 Å². The predicted octanol–water partition coefficient (Wildman–Crippen LogP) is 3.27. The summed E-state index contributed by atoms with van der Waals surface area (Å²) in [6.45, 7) is 3.81. The summed E-state index contributed by atoms with van der Waals surface area (Å²) in [5.74, 6) is 0. The van der Waals surface area contributed by atoms with Gasteiger partial charge >= 0.3 is 6.18 Å². The Morgan fingerprint density at radius 3 is 2.47 bits per heavy atom. The second-order valence-electron chi connectivity index (χ2n) is 5.10. The normalized spacial score (nSPS) is 13.4. The molecule has 0 saturated heterocycles. The molecule has 5 heteroatoms. The summed E-state index contributed by atoms with van der Waals surface area (Å²) < 4.78 is 36.8. The molecule has 0 fully saturated rings. The summed E-state index contributed by atoms with van der Waals surface area (Å²) in [6, 6.07) is 5.74. The smallest absolute Gasteiger partial charge is 0.374 e. The lowest BCUT2D eigenvalue weighted by Crippen LogP contribution is -2.26. The van der Waals surface area contributed by atoms with Crippen molar-refractivity contribution >= 4 is 5.69 Å². The van der Waals surface area contributed by atoms with Gasteiger partial charge in [0, 0.05) is 25.3 Å². The van der Waals surface area contributed by atoms with E-state index in [0.717, 1.165) is 16.8 Å². The molecule has 0 aliphatic rings. The van der Waals surface area contributed by atoms with Crippen LogP contribution in [0.1, 0.15) is 24.5 Å². The van der Waals surface area contributed by atoms with Crippen molar-refractivity contribution in [2.45, 2.75) is 38.9 Å². The van der Waals surface area contributed by atoms with Gasteiger partial charge in [0.25, 0.3) is 0 Å². The minimum Gasteiger partial charge on any atom is -0.374 e. The van der Waals surface area contributed by atoms with Crippen molar-refractivity contribution < 1.29 is 13.2 Å². The SMILES string of the molecule is Cc1ccc(N(C)CCC(F)(F)F)c(CC(C)N)c1. The molecule has 0 aliphatic heterocycles. The van der Waals surface area contributed by atoms with Gasteiger partial charge in [-0.2, -0.15) is 13.2 Å². The largest absolute Gasteiger partial charge is 0.390 e. The molecule has 1 aromatic rings. The zero-order valence-corrected chi connectivity index (χ0v) is 11.6. The van der Waals surface area contributed by atoms with E-state index < -0.39 is 12.6 Å². The molecule has 0 saturated carbocycles. The zero-order chi connectivity index (χ0) is 14.6. The highest BCUT2D eigenvalue weighted by Crippen LogP contribution is 2.25. The fourth-order valence-electron chi connectivity index (χ4n) is 2.01. The molecule has 0 heterocycles. The van der Waals surface area contributed by atoms with Gasteiger partial charge in [0.1, 0.15) is 0 Å². The number of hydrogen-bond acceptors (Lipinski definition) is 2. The topological polar surface area (TPSA) is 29.3 Å². The van der Waals surface area contributed by atoms with E-state index >= 15 is 0 Å². The maximum Gasteiger partial charge on any atom is 0.390 e. The number of rotatable bonds is 5. The number of hydrogen-bond donors (Lipinski definition) is 1. The predicted molar refractivity (Wildman–Crippen MR) is 72.5 cm³/mol. The minimum absolute atomic E-state index is 0.0171. The fourth-order valence-corrected chi connectivity index (χ4v) is 2.01. The molecule has 2 N–H and O–H groups in total. The zero-order valence-electron chi connectivity index (χ0n) is 11.6. The Labute approximate surface area is 112 Å². The molecule has 0 radical (unpaired) electrons. The lowest BCUT2D eigenvalue weighted by molar-refractivity contribution is -0.132. The molecule has 0 bridgehead atoms. The standard InChI is InChI=1S/C14H21F3N2/c1-10-4-5-13(12(8-10)9-11(2)18)19(3)7-6-14(15,16)17/h4-5,8,11H,6-7,9,18H2,1-3H3. The molecule has 108 valence electrons. The van der Waals surface area contributed by atoms with Gasteiger partial charge in [-0.25, -0.2) is 0 Å². The van der Waals surface area contributed by atoms with Crippen LogP contribution in [0.25, 0.3) is 0 Å². The van der Waals surface area contributed by atoms with E-state index in [1.807, 2.05) is 32.0 Å². The lowest BCUT2D eigenvalue weighted by Gasteiger charge is -2.24. The van der Waals surface area contributed by atoms with E-state index in [1.54, 1.807) is 11.9 Å². The first-order valence-electron chi connectivity index (χ1n) is 6.32. The van der Waals surface area contributed by atoms with E-state index in [-0.39, 0.29) is 12.6 Å². The van der Waals surface area contributed by atoms with Crippen LogP contribution in [-0.2, 0) is 6.42 Å². The fraction of sp³-hybridized carbons (Fsp3) is 0.571. The molecule has 1 aromatic carbocycles. The number of nitrogens with zero attached hydrogens (tertiary/aromatic N) is 1. The van der Waals surface area contributed by atoms with E-state index in [1.165, 1.54) is 0 Å². The lowest BCUT2D eigenvalue weighted by atomic mass is 10.0. The van der Waals surface area contributed by atoms with Gasteiger partial charge in [-0.15, -0.1) is 0 Å². The van der Waals surface area contributed by atoms with Crippen LogP contribution in [0.5, 0.6) is 0 Å². The summed E-state index contributed by atoms with van der Waals surface area (Å²) in [5.41, 5.74) is 8.70. The number of aryl methyl sites for hydroxylation is 1. The Kier molecular flexibility index (Phi) is 5.23. The average molecular weight is 274 g/mol. The number of nitrogens with two attached hydrogens (primary N) is 1. The van der Waals surface area contributed by atoms with Crippen LogP contribution < -0.4 is 10.6 Å². The Balaban J connectivity index is 2.86. The Hall–Kier alpha value is -1.23. The van der Waals surface area contributed by atoms with Gasteiger partial charge in [-0.1, -0.05) is 17.7 Å². The van der Waals surface area contributed by atoms with E-state index in [2.05, 4.69) is 0 Å². The molecular weight excluding hydrogens is 253 g/mol. The van der Waals surface area contributed by atoms with Gasteiger partial charge in [0.05, 0.1) is 6.42 Å². The molecule has 0 aromatic heterocycles. The molecule has 1 atom stereocenters. The molecule has 2 nitrogen and oxygen atoms in total. The van der Waals surface area contributed by atoms with Crippen molar-refractivity contribution in [3.05, 3.63) is 29.3 Å². The van der Waals surface area contributed by atoms with Crippen LogP contribution in [0.4, 0.5) is 18.9 Å². The van der Waals surface area contributed by atoms with Crippen LogP contribution in [0.2, 0.25) is 0 Å². The average Bonchev–Trinajstić information content (AvgIpc) is 2.24. The summed E-state index contributed by atoms with van der Waals surface area (Å²) in [4.78, 5) is 1.64. The highest BCUT2D eigenvalue weighted by atomic mass is 19.4. The van der Waals surface area contributed by atoms with Crippen LogP contribution in [0, 0.1) is 6.92 Å². The van der Waals surface area contributed by atoms with Crippen molar-refractivity contribution in [1.82, 2.24) is 0 Å². The number of benzene rings is 1. The summed E-state index contributed by atoms with van der Waals surface area (Å²) >= 11 is 0. The second-order valence-corrected chi connectivity index (χ2v) is 5.10. The first kappa shape index (κ1) is 15.8. The summed E-state index contributed by atoms with van der Waals surface area (Å²) in [6.07, 6.45) is -4.28. The van der Waals surface area contributed by atoms with E-state index in [9.17, 15) is 13.2 Å². The highest BCUT2D eigenvalue weighted by molar-refractivity contribution is 5.54. The molecule has 0 spiro atoms. The summed E-state index contributed by atoms with van der Waals surface area (Å²) in [7, 11) is 1.68. The summed E-state index contributed by atoms with van der Waals surface area (Å²) in [5, 5.41) is 0. The van der Waals surface area contributed by atoms with Crippen molar-refractivity contribution in [3.63, 3.8) is 0 Å². The van der Waals surface area contributed by atoms with Gasteiger partial charge < -0.3 is 10.6 Å². The van der Waals surface area contributed by atoms with Crippen LogP contribution in [-0.4, -0.2) is 25.8 Å². The number of anilines is 1. The number of alkyl halides is 3. The van der Waals surface area contributed by atoms with Crippen molar-refractivity contribution in [3.8, 4) is 0 Å². The Morgan fingerprint density at radius 1 is 1.32 bits per heavy atom. The van der Waals surface area contributed by atoms with Crippen LogP contribution in [0.3, 0.4) is 0 Å². The van der Waals surface area contributed by atoms with Crippen molar-refractivity contribution in [2.24, 2.45) is 5.73 Å². The van der Waals surface area contributed by atoms with Gasteiger partial charge in [0.2, 0.25) is 0 Å². The monoisotopic (exact) mass is 274 g/mol. The van der Waals surface area contributed by atoms with Crippen molar-refractivity contribution in [2.75, 3.05) is 18.5 Å². The first-order valence-corrected chi connectivity index (χ1v) is 6.32. The molecular formula is C14H21F3N2. The molecule has 19 heavy (non-hydrogen) atoms. The molecule has 1 unspecified atom stereocenters. The number of halogens is 3. The molecule has 1 rings (SSSR count). The molecule has 0 aliphatic carbocycles. The third-order valence-electron chi connectivity index (χ3n) is 2.92. The van der Waals surface area contributed by atoms with Gasteiger partial charge in [-0.05, 0) is 31.9 Å². The quantitative estimate of drug-likeness (QED) is 0.893. The van der Waals surface area contributed by atoms with E-state index in [0.29, 0.717) is 6.42 Å². The van der Waals surface area contributed by atoms with Crippen LogP contribution in [0.15, 0.2) is 18.2 Å². The van der Waals surface area contributed by atoms with Crippen LogP contribution >= 0.6 is 0 Å². The third kappa shape index (κ3) is 5.51. The Bertz CT molecular complexity index is 414. The maximum atomic E-state index is 12.3. The first-order chi connectivity index (χ1) is 8.69. The van der Waals surface area contributed by atoms with E-state index in [4.69, 9.17) is 5.73 Å². The third-order valence-corrected chi connectivity index (χ3v) is 2.92. The minimum atomic E-state index is -4.12. The second kappa shape index (κ2) is 6.28. The molecule has 0 amide bonds. The van der Waals surface area contributed by atoms with Gasteiger partial charge in [-0.3, -0.25) is 0 Å². The highest BCUT2D eigenvalue weighted by Gasteiger charge is 2.27.